The summed E-state index contributed by atoms with van der Waals surface area (Å²) >= 11 is 7.08. The van der Waals surface area contributed by atoms with Gasteiger partial charge in [-0.2, -0.15) is 0 Å². The zero-order valence-corrected chi connectivity index (χ0v) is 9.78. The van der Waals surface area contributed by atoms with Crippen molar-refractivity contribution in [2.75, 3.05) is 11.5 Å². The molecule has 78 valence electrons. The minimum Gasteiger partial charge on any atom is -0.399 e. The predicted molar refractivity (Wildman–Crippen MR) is 65.9 cm³/mol. The van der Waals surface area contributed by atoms with Crippen LogP contribution in [0, 0.1) is 11.8 Å². The third kappa shape index (κ3) is 4.28. The van der Waals surface area contributed by atoms with Gasteiger partial charge in [0, 0.05) is 18.2 Å². The molecule has 2 N–H and O–H groups in total. The maximum atomic E-state index is 10.6. The number of hydrogen-bond donors (Lipinski definition) is 1. The number of hydrogen-bond acceptors (Lipinski definition) is 3. The Hall–Kier alpha value is -1.11. The van der Waals surface area contributed by atoms with Crippen LogP contribution in [0.2, 0.25) is 5.02 Å². The van der Waals surface area contributed by atoms with Crippen LogP contribution in [0.4, 0.5) is 5.69 Å². The second-order valence-corrected chi connectivity index (χ2v) is 4.38. The summed E-state index contributed by atoms with van der Waals surface area (Å²) < 4.78 is 0. The van der Waals surface area contributed by atoms with Gasteiger partial charge in [0.1, 0.15) is 0 Å². The standard InChI is InChI=1S/C11H10ClNOS/c1-8(14)15-6-2-3-9-7-10(13)4-5-11(9)12/h4-5,7H,6,13H2,1H3. The summed E-state index contributed by atoms with van der Waals surface area (Å²) in [7, 11) is 0. The van der Waals surface area contributed by atoms with E-state index >= 15 is 0 Å². The highest BCUT2D eigenvalue weighted by atomic mass is 35.5. The molecule has 1 aromatic rings. The maximum absolute atomic E-state index is 10.6. The van der Waals surface area contributed by atoms with Gasteiger partial charge >= 0.3 is 0 Å². The Kier molecular flexibility index (Phi) is 4.54. The Morgan fingerprint density at radius 2 is 2.33 bits per heavy atom. The molecule has 0 amide bonds. The first-order valence-electron chi connectivity index (χ1n) is 4.27. The summed E-state index contributed by atoms with van der Waals surface area (Å²) in [6, 6.07) is 5.14. The van der Waals surface area contributed by atoms with E-state index in [2.05, 4.69) is 11.8 Å². The number of carbonyl (C=O) groups excluding carboxylic acids is 1. The summed E-state index contributed by atoms with van der Waals surface area (Å²) in [5.41, 5.74) is 6.92. The van der Waals surface area contributed by atoms with Crippen LogP contribution in [0.15, 0.2) is 18.2 Å². The molecule has 0 aliphatic heterocycles. The molecule has 1 rings (SSSR count). The van der Waals surface area contributed by atoms with Crippen LogP contribution in [0.3, 0.4) is 0 Å². The van der Waals surface area contributed by atoms with Crippen LogP contribution in [0.25, 0.3) is 0 Å². The number of nitrogen functional groups attached to an aromatic ring is 1. The van der Waals surface area contributed by atoms with Crippen molar-refractivity contribution < 1.29 is 4.79 Å². The number of rotatable bonds is 1. The largest absolute Gasteiger partial charge is 0.399 e. The van der Waals surface area contributed by atoms with Crippen LogP contribution in [-0.4, -0.2) is 10.9 Å². The van der Waals surface area contributed by atoms with Gasteiger partial charge in [-0.25, -0.2) is 0 Å². The van der Waals surface area contributed by atoms with Crippen LogP contribution < -0.4 is 5.73 Å². The third-order valence-electron chi connectivity index (χ3n) is 1.56. The SMILES string of the molecule is CC(=O)SCC#Cc1cc(N)ccc1Cl. The molecule has 2 nitrogen and oxygen atoms in total. The first kappa shape index (κ1) is 12.0. The van der Waals surface area contributed by atoms with Crippen molar-refractivity contribution >= 4 is 34.2 Å². The lowest BCUT2D eigenvalue weighted by atomic mass is 10.2. The molecule has 0 aliphatic carbocycles. The van der Waals surface area contributed by atoms with Gasteiger partial charge in [0.2, 0.25) is 0 Å². The number of halogens is 1. The number of carbonyl (C=O) groups is 1. The quantitative estimate of drug-likeness (QED) is 0.605. The van der Waals surface area contributed by atoms with Crippen molar-refractivity contribution in [1.29, 1.82) is 0 Å². The minimum atomic E-state index is 0.0583. The Balaban J connectivity index is 2.71. The second kappa shape index (κ2) is 5.69. The van der Waals surface area contributed by atoms with Gasteiger partial charge in [-0.1, -0.05) is 35.2 Å². The molecule has 0 saturated carbocycles. The predicted octanol–water partition coefficient (Wildman–Crippen LogP) is 2.55. The van der Waals surface area contributed by atoms with E-state index < -0.39 is 0 Å². The molecule has 0 aliphatic rings. The van der Waals surface area contributed by atoms with E-state index in [1.807, 2.05) is 0 Å². The number of anilines is 1. The molecule has 0 aromatic heterocycles. The molecule has 4 heteroatoms. The van der Waals surface area contributed by atoms with E-state index in [-0.39, 0.29) is 5.12 Å². The molecule has 0 fully saturated rings. The first-order valence-corrected chi connectivity index (χ1v) is 5.63. The first-order chi connectivity index (χ1) is 7.09. The number of thioether (sulfide) groups is 1. The van der Waals surface area contributed by atoms with Crippen LogP contribution in [0.1, 0.15) is 12.5 Å². The van der Waals surface area contributed by atoms with Crippen molar-refractivity contribution in [3.8, 4) is 11.8 Å². The van der Waals surface area contributed by atoms with Crippen molar-refractivity contribution in [1.82, 2.24) is 0 Å². The zero-order chi connectivity index (χ0) is 11.3. The van der Waals surface area contributed by atoms with Gasteiger partial charge in [0.25, 0.3) is 0 Å². The molecule has 0 atom stereocenters. The van der Waals surface area contributed by atoms with E-state index in [9.17, 15) is 4.79 Å². The summed E-state index contributed by atoms with van der Waals surface area (Å²) in [5.74, 6) is 6.20. The van der Waals surface area contributed by atoms with E-state index in [1.54, 1.807) is 18.2 Å². The molecular weight excluding hydrogens is 230 g/mol. The molecule has 0 bridgehead atoms. The van der Waals surface area contributed by atoms with Gasteiger partial charge < -0.3 is 5.73 Å². The molecule has 15 heavy (non-hydrogen) atoms. The highest BCUT2D eigenvalue weighted by molar-refractivity contribution is 8.13. The molecule has 1 aromatic carbocycles. The van der Waals surface area contributed by atoms with E-state index in [0.717, 1.165) is 0 Å². The molecule has 0 unspecified atom stereocenters. The summed E-state index contributed by atoms with van der Waals surface area (Å²) in [6.07, 6.45) is 0. The fourth-order valence-corrected chi connectivity index (χ4v) is 1.42. The fourth-order valence-electron chi connectivity index (χ4n) is 0.908. The highest BCUT2D eigenvalue weighted by Gasteiger charge is 1.96. The minimum absolute atomic E-state index is 0.0583. The zero-order valence-electron chi connectivity index (χ0n) is 8.21. The van der Waals surface area contributed by atoms with Crippen molar-refractivity contribution in [2.45, 2.75) is 6.92 Å². The Morgan fingerprint density at radius 1 is 1.60 bits per heavy atom. The Labute approximate surface area is 98.2 Å². The Morgan fingerprint density at radius 3 is 3.00 bits per heavy atom. The lowest BCUT2D eigenvalue weighted by Gasteiger charge is -1.96. The lowest BCUT2D eigenvalue weighted by molar-refractivity contribution is -0.109. The van der Waals surface area contributed by atoms with Crippen molar-refractivity contribution in [2.24, 2.45) is 0 Å². The van der Waals surface area contributed by atoms with Gasteiger partial charge in [-0.15, -0.1) is 0 Å². The van der Waals surface area contributed by atoms with E-state index in [1.165, 1.54) is 18.7 Å². The van der Waals surface area contributed by atoms with Crippen molar-refractivity contribution in [3.63, 3.8) is 0 Å². The molecule has 0 heterocycles. The molecule has 0 radical (unpaired) electrons. The average molecular weight is 240 g/mol. The average Bonchev–Trinajstić information content (AvgIpc) is 2.17. The number of nitrogens with two attached hydrogens (primary N) is 1. The van der Waals surface area contributed by atoms with Crippen molar-refractivity contribution in [3.05, 3.63) is 28.8 Å². The topological polar surface area (TPSA) is 43.1 Å². The van der Waals surface area contributed by atoms with Gasteiger partial charge in [0.15, 0.2) is 5.12 Å². The third-order valence-corrected chi connectivity index (χ3v) is 2.59. The normalized spacial score (nSPS) is 9.20. The van der Waals surface area contributed by atoms with E-state index in [4.69, 9.17) is 17.3 Å². The van der Waals surface area contributed by atoms with Crippen LogP contribution in [-0.2, 0) is 4.79 Å². The summed E-state index contributed by atoms with van der Waals surface area (Å²) in [4.78, 5) is 10.6. The highest BCUT2D eigenvalue weighted by Crippen LogP contribution is 2.17. The van der Waals surface area contributed by atoms with Gasteiger partial charge in [0.05, 0.1) is 10.8 Å². The lowest BCUT2D eigenvalue weighted by Crippen LogP contribution is -1.87. The molecule has 0 spiro atoms. The summed E-state index contributed by atoms with van der Waals surface area (Å²) in [6.45, 7) is 1.51. The smallest absolute Gasteiger partial charge is 0.186 e. The fraction of sp³-hybridized carbons (Fsp3) is 0.182. The van der Waals surface area contributed by atoms with Gasteiger partial charge in [-0.05, 0) is 18.2 Å². The molecular formula is C11H10ClNOS. The van der Waals surface area contributed by atoms with Crippen LogP contribution in [0.5, 0.6) is 0 Å². The number of benzene rings is 1. The van der Waals surface area contributed by atoms with Gasteiger partial charge in [-0.3, -0.25) is 4.79 Å². The molecule has 0 saturated heterocycles. The second-order valence-electron chi connectivity index (χ2n) is 2.82. The monoisotopic (exact) mass is 239 g/mol. The maximum Gasteiger partial charge on any atom is 0.186 e. The summed E-state index contributed by atoms with van der Waals surface area (Å²) in [5, 5.41) is 0.632. The van der Waals surface area contributed by atoms with E-state index in [0.29, 0.717) is 22.0 Å². The van der Waals surface area contributed by atoms with Crippen LogP contribution >= 0.6 is 23.4 Å². The Bertz CT molecular complexity index is 434.